The van der Waals surface area contributed by atoms with E-state index in [-0.39, 0.29) is 6.61 Å². The zero-order valence-electron chi connectivity index (χ0n) is 15.0. The van der Waals surface area contributed by atoms with E-state index in [2.05, 4.69) is 33.1 Å². The SMILES string of the molecule is [B]c1c(C)nn2c(N3CCN(CCO)CC3)cc(-c3ccccc3)nc12. The average Bonchev–Trinajstić information content (AvgIpc) is 2.97. The summed E-state index contributed by atoms with van der Waals surface area (Å²) in [4.78, 5) is 9.36. The molecule has 0 spiro atoms. The quantitative estimate of drug-likeness (QED) is 0.701. The van der Waals surface area contributed by atoms with Crippen molar-refractivity contribution in [2.24, 2.45) is 0 Å². The zero-order chi connectivity index (χ0) is 18.1. The van der Waals surface area contributed by atoms with E-state index in [9.17, 15) is 0 Å². The molecule has 0 saturated carbocycles. The Hall–Kier alpha value is -2.38. The third-order valence-corrected chi connectivity index (χ3v) is 4.97. The van der Waals surface area contributed by atoms with Gasteiger partial charge in [-0.2, -0.15) is 9.61 Å². The van der Waals surface area contributed by atoms with Crippen LogP contribution in [0.25, 0.3) is 16.9 Å². The number of aliphatic hydroxyl groups is 1. The van der Waals surface area contributed by atoms with Crippen molar-refractivity contribution in [3.8, 4) is 11.3 Å². The number of aromatic nitrogens is 3. The summed E-state index contributed by atoms with van der Waals surface area (Å²) in [7, 11) is 6.24. The number of nitrogens with zero attached hydrogens (tertiary/aromatic N) is 5. The fourth-order valence-electron chi connectivity index (χ4n) is 3.45. The lowest BCUT2D eigenvalue weighted by Gasteiger charge is -2.35. The van der Waals surface area contributed by atoms with Crippen LogP contribution in [0.15, 0.2) is 36.4 Å². The van der Waals surface area contributed by atoms with Crippen LogP contribution < -0.4 is 10.4 Å². The van der Waals surface area contributed by atoms with Crippen LogP contribution in [-0.4, -0.2) is 71.8 Å². The highest BCUT2D eigenvalue weighted by Gasteiger charge is 2.21. The smallest absolute Gasteiger partial charge is 0.151 e. The molecule has 3 aromatic rings. The number of β-amino-alcohol motifs (C(OH)–C–C–N with tert-alkyl or cyclic N) is 1. The number of piperazine rings is 1. The summed E-state index contributed by atoms with van der Waals surface area (Å²) in [6.07, 6.45) is 0. The molecule has 1 aliphatic heterocycles. The van der Waals surface area contributed by atoms with Crippen molar-refractivity contribution in [1.82, 2.24) is 19.5 Å². The standard InChI is InChI=1S/C19H22BN5O/c1-14-18(20)19-21-16(15-5-3-2-4-6-15)13-17(25(19)22-14)24-9-7-23(8-10-24)11-12-26/h2-6,13,26H,7-12H2,1H3. The van der Waals surface area contributed by atoms with Gasteiger partial charge in [-0.1, -0.05) is 30.3 Å². The second kappa shape index (κ2) is 7.09. The van der Waals surface area contributed by atoms with Crippen molar-refractivity contribution in [1.29, 1.82) is 0 Å². The maximum atomic E-state index is 9.15. The molecule has 0 unspecified atom stereocenters. The third-order valence-electron chi connectivity index (χ3n) is 4.97. The lowest BCUT2D eigenvalue weighted by atomic mass is 9.96. The van der Waals surface area contributed by atoms with E-state index in [4.69, 9.17) is 17.9 Å². The molecule has 6 nitrogen and oxygen atoms in total. The fraction of sp³-hybridized carbons (Fsp3) is 0.368. The van der Waals surface area contributed by atoms with Gasteiger partial charge < -0.3 is 10.0 Å². The van der Waals surface area contributed by atoms with E-state index in [1.54, 1.807) is 0 Å². The van der Waals surface area contributed by atoms with Gasteiger partial charge in [0.25, 0.3) is 0 Å². The Kier molecular flexibility index (Phi) is 4.65. The van der Waals surface area contributed by atoms with Crippen molar-refractivity contribution in [3.05, 3.63) is 42.1 Å². The van der Waals surface area contributed by atoms with Crippen molar-refractivity contribution in [2.45, 2.75) is 6.92 Å². The van der Waals surface area contributed by atoms with Crippen molar-refractivity contribution in [3.63, 3.8) is 0 Å². The predicted molar refractivity (Wildman–Crippen MR) is 104 cm³/mol. The highest BCUT2D eigenvalue weighted by atomic mass is 16.3. The molecule has 1 aliphatic rings. The summed E-state index contributed by atoms with van der Waals surface area (Å²) < 4.78 is 1.86. The number of hydrogen-bond donors (Lipinski definition) is 1. The Morgan fingerprint density at radius 1 is 1.12 bits per heavy atom. The van der Waals surface area contributed by atoms with Gasteiger partial charge in [-0.3, -0.25) is 4.90 Å². The molecule has 2 aromatic heterocycles. The van der Waals surface area contributed by atoms with Crippen molar-refractivity contribution >= 4 is 24.8 Å². The molecule has 4 rings (SSSR count). The number of benzene rings is 1. The third kappa shape index (κ3) is 3.08. The number of anilines is 1. The molecular formula is C19H22BN5O. The molecule has 0 aliphatic carbocycles. The summed E-state index contributed by atoms with van der Waals surface area (Å²) >= 11 is 0. The van der Waals surface area contributed by atoms with Crippen molar-refractivity contribution < 1.29 is 5.11 Å². The van der Waals surface area contributed by atoms with Crippen LogP contribution in [0.5, 0.6) is 0 Å². The fourth-order valence-corrected chi connectivity index (χ4v) is 3.45. The van der Waals surface area contributed by atoms with Crippen LogP contribution in [0, 0.1) is 6.92 Å². The Bertz CT molecular complexity index is 903. The highest BCUT2D eigenvalue weighted by Crippen LogP contribution is 2.25. The van der Waals surface area contributed by atoms with Crippen LogP contribution >= 0.6 is 0 Å². The first-order valence-corrected chi connectivity index (χ1v) is 8.97. The molecule has 3 heterocycles. The first-order chi connectivity index (χ1) is 12.7. The van der Waals surface area contributed by atoms with Crippen LogP contribution in [0.4, 0.5) is 5.82 Å². The molecule has 1 fully saturated rings. The van der Waals surface area contributed by atoms with Gasteiger partial charge in [0.2, 0.25) is 0 Å². The Balaban J connectivity index is 1.77. The van der Waals surface area contributed by atoms with E-state index in [0.29, 0.717) is 11.1 Å². The van der Waals surface area contributed by atoms with Gasteiger partial charge in [-0.25, -0.2) is 4.98 Å². The lowest BCUT2D eigenvalue weighted by molar-refractivity contribution is 0.188. The minimum atomic E-state index is 0.201. The Morgan fingerprint density at radius 3 is 2.54 bits per heavy atom. The van der Waals surface area contributed by atoms with Crippen molar-refractivity contribution in [2.75, 3.05) is 44.2 Å². The summed E-state index contributed by atoms with van der Waals surface area (Å²) in [5, 5.41) is 13.8. The van der Waals surface area contributed by atoms with Crippen LogP contribution in [0.1, 0.15) is 5.69 Å². The van der Waals surface area contributed by atoms with Gasteiger partial charge in [0.05, 0.1) is 18.0 Å². The number of aliphatic hydroxyl groups excluding tert-OH is 1. The summed E-state index contributed by atoms with van der Waals surface area (Å²) in [5.41, 5.74) is 4.09. The van der Waals surface area contributed by atoms with Gasteiger partial charge in [0.15, 0.2) is 5.65 Å². The first-order valence-electron chi connectivity index (χ1n) is 8.97. The molecule has 1 aromatic carbocycles. The van der Waals surface area contributed by atoms with E-state index >= 15 is 0 Å². The topological polar surface area (TPSA) is 56.9 Å². The second-order valence-corrected chi connectivity index (χ2v) is 6.65. The van der Waals surface area contributed by atoms with Crippen LogP contribution in [-0.2, 0) is 0 Å². The summed E-state index contributed by atoms with van der Waals surface area (Å²) in [6.45, 7) is 6.43. The molecule has 0 amide bonds. The maximum absolute atomic E-state index is 9.15. The van der Waals surface area contributed by atoms with Gasteiger partial charge in [0, 0.05) is 44.4 Å². The molecule has 1 saturated heterocycles. The van der Waals surface area contributed by atoms with Gasteiger partial charge in [-0.05, 0) is 12.4 Å². The maximum Gasteiger partial charge on any atom is 0.151 e. The molecule has 132 valence electrons. The number of aryl methyl sites for hydroxylation is 1. The van der Waals surface area contributed by atoms with Gasteiger partial charge in [0.1, 0.15) is 13.7 Å². The average molecular weight is 347 g/mol. The molecule has 0 atom stereocenters. The molecule has 0 bridgehead atoms. The molecule has 26 heavy (non-hydrogen) atoms. The van der Waals surface area contributed by atoms with E-state index in [1.165, 1.54) is 0 Å². The van der Waals surface area contributed by atoms with Gasteiger partial charge >= 0.3 is 0 Å². The van der Waals surface area contributed by atoms with E-state index < -0.39 is 0 Å². The van der Waals surface area contributed by atoms with Gasteiger partial charge in [-0.15, -0.1) is 0 Å². The molecule has 7 heteroatoms. The Morgan fingerprint density at radius 2 is 1.85 bits per heavy atom. The number of fused-ring (bicyclic) bond motifs is 1. The molecular weight excluding hydrogens is 325 g/mol. The molecule has 2 radical (unpaired) electrons. The largest absolute Gasteiger partial charge is 0.395 e. The zero-order valence-corrected chi connectivity index (χ0v) is 15.0. The minimum absolute atomic E-state index is 0.201. The number of rotatable bonds is 4. The first kappa shape index (κ1) is 17.1. The van der Waals surface area contributed by atoms with E-state index in [1.807, 2.05) is 29.6 Å². The molecule has 1 N–H and O–H groups in total. The summed E-state index contributed by atoms with van der Waals surface area (Å²) in [6, 6.07) is 12.2. The number of hydrogen-bond acceptors (Lipinski definition) is 5. The van der Waals surface area contributed by atoms with E-state index in [0.717, 1.165) is 55.5 Å². The lowest BCUT2D eigenvalue weighted by Crippen LogP contribution is -2.47. The Labute approximate surface area is 154 Å². The highest BCUT2D eigenvalue weighted by molar-refractivity contribution is 6.37. The normalized spacial score (nSPS) is 15.7. The summed E-state index contributed by atoms with van der Waals surface area (Å²) in [5.74, 6) is 1.01. The second-order valence-electron chi connectivity index (χ2n) is 6.65. The van der Waals surface area contributed by atoms with Crippen LogP contribution in [0.2, 0.25) is 0 Å². The monoisotopic (exact) mass is 347 g/mol. The minimum Gasteiger partial charge on any atom is -0.395 e. The van der Waals surface area contributed by atoms with Crippen LogP contribution in [0.3, 0.4) is 0 Å². The predicted octanol–water partition coefficient (Wildman–Crippen LogP) is 0.613.